The monoisotopic (exact) mass is 253 g/mol. The van der Waals surface area contributed by atoms with Gasteiger partial charge < -0.3 is 10.1 Å². The Hall–Kier alpha value is -0.980. The molecule has 2 atom stereocenters. The molecule has 0 bridgehead atoms. The fourth-order valence-electron chi connectivity index (χ4n) is 2.52. The third-order valence-electron chi connectivity index (χ3n) is 3.42. The number of nitrogens with zero attached hydrogens (tertiary/aromatic N) is 4. The third-order valence-corrected chi connectivity index (χ3v) is 3.42. The lowest BCUT2D eigenvalue weighted by atomic mass is 10.1. The van der Waals surface area contributed by atoms with E-state index < -0.39 is 0 Å². The van der Waals surface area contributed by atoms with Gasteiger partial charge in [-0.3, -0.25) is 9.58 Å². The normalized spacial score (nSPS) is 23.2. The van der Waals surface area contributed by atoms with E-state index in [0.29, 0.717) is 0 Å². The Labute approximate surface area is 108 Å². The third kappa shape index (κ3) is 2.88. The van der Waals surface area contributed by atoms with Crippen molar-refractivity contribution in [1.82, 2.24) is 25.0 Å². The first-order chi connectivity index (χ1) is 8.76. The van der Waals surface area contributed by atoms with E-state index in [1.54, 1.807) is 6.33 Å². The molecule has 2 unspecified atom stereocenters. The van der Waals surface area contributed by atoms with Crippen molar-refractivity contribution < 1.29 is 4.74 Å². The lowest BCUT2D eigenvalue weighted by Crippen LogP contribution is -2.48. The number of aryl methyl sites for hydroxylation is 1. The fourth-order valence-corrected chi connectivity index (χ4v) is 2.52. The molecule has 0 radical (unpaired) electrons. The lowest BCUT2D eigenvalue weighted by Gasteiger charge is -2.36. The van der Waals surface area contributed by atoms with Crippen LogP contribution >= 0.6 is 0 Å². The molecule has 0 spiro atoms. The highest BCUT2D eigenvalue weighted by molar-refractivity contribution is 4.99. The van der Waals surface area contributed by atoms with Crippen LogP contribution in [0.25, 0.3) is 0 Å². The number of nitrogens with one attached hydrogen (secondary N) is 1. The second-order valence-corrected chi connectivity index (χ2v) is 4.72. The fraction of sp³-hybridized carbons (Fsp3) is 0.833. The molecule has 1 aliphatic rings. The van der Waals surface area contributed by atoms with E-state index in [4.69, 9.17) is 4.74 Å². The summed E-state index contributed by atoms with van der Waals surface area (Å²) in [5, 5.41) is 7.43. The van der Waals surface area contributed by atoms with Crippen molar-refractivity contribution in [2.75, 3.05) is 33.3 Å². The van der Waals surface area contributed by atoms with Gasteiger partial charge in [-0.1, -0.05) is 6.92 Å². The van der Waals surface area contributed by atoms with Gasteiger partial charge in [0.2, 0.25) is 0 Å². The number of aromatic nitrogens is 3. The van der Waals surface area contributed by atoms with Gasteiger partial charge in [0.1, 0.15) is 12.2 Å². The molecule has 1 aromatic rings. The molecule has 0 aromatic carbocycles. The molecule has 2 heterocycles. The number of morpholine rings is 1. The maximum Gasteiger partial charge on any atom is 0.146 e. The van der Waals surface area contributed by atoms with Gasteiger partial charge in [0.25, 0.3) is 0 Å². The quantitative estimate of drug-likeness (QED) is 0.811. The average molecular weight is 253 g/mol. The minimum Gasteiger partial charge on any atom is -0.373 e. The topological polar surface area (TPSA) is 55.2 Å². The number of likely N-dealkylation sites (N-methyl/N-ethyl adjacent to an activating group) is 1. The van der Waals surface area contributed by atoms with Crippen LogP contribution in [0, 0.1) is 0 Å². The van der Waals surface area contributed by atoms with E-state index in [1.807, 2.05) is 18.8 Å². The van der Waals surface area contributed by atoms with Crippen LogP contribution in [0.15, 0.2) is 6.33 Å². The molecule has 18 heavy (non-hydrogen) atoms. The molecule has 1 N–H and O–H groups in total. The van der Waals surface area contributed by atoms with Gasteiger partial charge in [-0.2, -0.15) is 5.10 Å². The maximum atomic E-state index is 5.90. The van der Waals surface area contributed by atoms with Gasteiger partial charge in [-0.05, 0) is 20.0 Å². The van der Waals surface area contributed by atoms with Crippen molar-refractivity contribution in [2.45, 2.75) is 25.5 Å². The summed E-state index contributed by atoms with van der Waals surface area (Å²) in [5.41, 5.74) is 0. The van der Waals surface area contributed by atoms with Gasteiger partial charge in [0.15, 0.2) is 0 Å². The van der Waals surface area contributed by atoms with Gasteiger partial charge in [-0.25, -0.2) is 4.98 Å². The molecule has 1 fully saturated rings. The SMILES string of the molecule is CCCN1CCOC(C(NC)c2ncnn2C)C1. The summed E-state index contributed by atoms with van der Waals surface area (Å²) in [6, 6.07) is 0.0946. The Balaban J connectivity index is 2.06. The number of hydrogen-bond acceptors (Lipinski definition) is 5. The zero-order valence-corrected chi connectivity index (χ0v) is 11.5. The Bertz CT molecular complexity index is 365. The predicted molar refractivity (Wildman–Crippen MR) is 69.3 cm³/mol. The Morgan fingerprint density at radius 3 is 3.06 bits per heavy atom. The van der Waals surface area contributed by atoms with Crippen LogP contribution in [-0.2, 0) is 11.8 Å². The van der Waals surface area contributed by atoms with Gasteiger partial charge >= 0.3 is 0 Å². The summed E-state index contributed by atoms with van der Waals surface area (Å²) in [6.45, 7) is 6.12. The summed E-state index contributed by atoms with van der Waals surface area (Å²) in [5.74, 6) is 0.931. The molecular formula is C12H23N5O. The zero-order chi connectivity index (χ0) is 13.0. The molecule has 102 valence electrons. The van der Waals surface area contributed by atoms with E-state index >= 15 is 0 Å². The highest BCUT2D eigenvalue weighted by Crippen LogP contribution is 2.20. The van der Waals surface area contributed by atoms with Crippen molar-refractivity contribution in [3.63, 3.8) is 0 Å². The number of rotatable bonds is 5. The Morgan fingerprint density at radius 2 is 2.44 bits per heavy atom. The van der Waals surface area contributed by atoms with Crippen molar-refractivity contribution >= 4 is 0 Å². The first kappa shape index (κ1) is 13.5. The van der Waals surface area contributed by atoms with Crippen LogP contribution in [0.5, 0.6) is 0 Å². The number of ether oxygens (including phenoxy) is 1. The van der Waals surface area contributed by atoms with Gasteiger partial charge in [-0.15, -0.1) is 0 Å². The lowest BCUT2D eigenvalue weighted by molar-refractivity contribution is -0.0477. The second-order valence-electron chi connectivity index (χ2n) is 4.72. The largest absolute Gasteiger partial charge is 0.373 e. The van der Waals surface area contributed by atoms with Crippen LogP contribution in [-0.4, -0.2) is 59.1 Å². The molecule has 6 nitrogen and oxygen atoms in total. The molecule has 0 amide bonds. The molecule has 1 saturated heterocycles. The van der Waals surface area contributed by atoms with Crippen molar-refractivity contribution in [1.29, 1.82) is 0 Å². The van der Waals surface area contributed by atoms with Crippen molar-refractivity contribution in [3.05, 3.63) is 12.2 Å². The molecule has 6 heteroatoms. The molecule has 2 rings (SSSR count). The van der Waals surface area contributed by atoms with Crippen LogP contribution in [0.4, 0.5) is 0 Å². The minimum atomic E-state index is 0.0946. The maximum absolute atomic E-state index is 5.90. The highest BCUT2D eigenvalue weighted by Gasteiger charge is 2.30. The molecule has 0 saturated carbocycles. The van der Waals surface area contributed by atoms with Gasteiger partial charge in [0, 0.05) is 20.1 Å². The Kier molecular flexibility index (Phi) is 4.68. The summed E-state index contributed by atoms with van der Waals surface area (Å²) < 4.78 is 7.71. The first-order valence-corrected chi connectivity index (χ1v) is 6.61. The average Bonchev–Trinajstić information content (AvgIpc) is 2.78. The predicted octanol–water partition coefficient (Wildman–Crippen LogP) is 0.186. The smallest absolute Gasteiger partial charge is 0.146 e. The molecule has 0 aliphatic carbocycles. The van der Waals surface area contributed by atoms with E-state index in [2.05, 4.69) is 27.2 Å². The molecule has 1 aliphatic heterocycles. The van der Waals surface area contributed by atoms with Crippen molar-refractivity contribution in [3.8, 4) is 0 Å². The van der Waals surface area contributed by atoms with Crippen LogP contribution in [0.3, 0.4) is 0 Å². The standard InChI is InChI=1S/C12H23N5O/c1-4-5-17-6-7-18-10(8-17)11(13-2)12-14-9-15-16(12)3/h9-11,13H,4-8H2,1-3H3. The van der Waals surface area contributed by atoms with Crippen LogP contribution < -0.4 is 5.32 Å². The van der Waals surface area contributed by atoms with E-state index in [9.17, 15) is 0 Å². The second kappa shape index (κ2) is 6.26. The van der Waals surface area contributed by atoms with Gasteiger partial charge in [0.05, 0.1) is 18.8 Å². The Morgan fingerprint density at radius 1 is 1.61 bits per heavy atom. The van der Waals surface area contributed by atoms with Crippen molar-refractivity contribution in [2.24, 2.45) is 7.05 Å². The van der Waals surface area contributed by atoms with E-state index in [1.165, 1.54) is 6.42 Å². The molecular weight excluding hydrogens is 230 g/mol. The zero-order valence-electron chi connectivity index (χ0n) is 11.5. The highest BCUT2D eigenvalue weighted by atomic mass is 16.5. The summed E-state index contributed by atoms with van der Waals surface area (Å²) in [6.07, 6.45) is 2.91. The van der Waals surface area contributed by atoms with Crippen LogP contribution in [0.2, 0.25) is 0 Å². The number of hydrogen-bond donors (Lipinski definition) is 1. The van der Waals surface area contributed by atoms with E-state index in [0.717, 1.165) is 32.1 Å². The van der Waals surface area contributed by atoms with Crippen LogP contribution in [0.1, 0.15) is 25.2 Å². The first-order valence-electron chi connectivity index (χ1n) is 6.61. The van der Waals surface area contributed by atoms with E-state index in [-0.39, 0.29) is 12.1 Å². The summed E-state index contributed by atoms with van der Waals surface area (Å²) >= 11 is 0. The minimum absolute atomic E-state index is 0.0946. The summed E-state index contributed by atoms with van der Waals surface area (Å²) in [4.78, 5) is 6.78. The summed E-state index contributed by atoms with van der Waals surface area (Å²) in [7, 11) is 3.86. The molecule has 1 aromatic heterocycles.